The lowest BCUT2D eigenvalue weighted by Crippen LogP contribution is -2.47. The largest absolute Gasteiger partial charge is 0.379 e. The first-order valence-electron chi connectivity index (χ1n) is 10.2. The monoisotopic (exact) mass is 368 g/mol. The van der Waals surface area contributed by atoms with Gasteiger partial charge in [0.25, 0.3) is 5.91 Å². The van der Waals surface area contributed by atoms with Gasteiger partial charge in [0.2, 0.25) is 0 Å². The van der Waals surface area contributed by atoms with Crippen LogP contribution >= 0.6 is 0 Å². The molecule has 6 heteroatoms. The summed E-state index contributed by atoms with van der Waals surface area (Å²) in [5.74, 6) is 0.754. The van der Waals surface area contributed by atoms with Crippen LogP contribution in [0.3, 0.4) is 0 Å². The number of aryl methyl sites for hydroxylation is 1. The molecule has 0 N–H and O–H groups in total. The number of carbonyl (C=O) groups is 1. The quantitative estimate of drug-likeness (QED) is 0.816. The average Bonchev–Trinajstić information content (AvgIpc) is 3.38. The van der Waals surface area contributed by atoms with Crippen molar-refractivity contribution in [2.75, 3.05) is 39.4 Å². The van der Waals surface area contributed by atoms with E-state index >= 15 is 0 Å². The van der Waals surface area contributed by atoms with E-state index in [1.165, 1.54) is 6.54 Å². The standard InChI is InChI=1S/C21H28N4O2/c1-3-23-14-21(17-12-27-13-19(17)23)5-8-24(9-6-21)20(26)16-11-22-25-7-4-15(2)10-18(16)25/h4,7,10-11,17,19H,3,5-6,8-9,12-14H2,1-2H3/t17-,19+/m0/s1. The van der Waals surface area contributed by atoms with Crippen molar-refractivity contribution < 1.29 is 9.53 Å². The van der Waals surface area contributed by atoms with E-state index in [2.05, 4.69) is 16.9 Å². The molecule has 1 amide bonds. The molecule has 144 valence electrons. The van der Waals surface area contributed by atoms with Gasteiger partial charge in [-0.05, 0) is 49.4 Å². The molecule has 5 heterocycles. The zero-order valence-corrected chi connectivity index (χ0v) is 16.2. The summed E-state index contributed by atoms with van der Waals surface area (Å²) >= 11 is 0. The predicted molar refractivity (Wildman–Crippen MR) is 103 cm³/mol. The molecule has 3 saturated heterocycles. The zero-order valence-electron chi connectivity index (χ0n) is 16.2. The highest BCUT2D eigenvalue weighted by Gasteiger charge is 2.55. The normalized spacial score (nSPS) is 27.6. The molecule has 3 aliphatic heterocycles. The number of piperidine rings is 1. The Kier molecular flexibility index (Phi) is 4.02. The van der Waals surface area contributed by atoms with Crippen LogP contribution in [-0.2, 0) is 4.74 Å². The SMILES string of the molecule is CCN1CC2(CCN(C(=O)c3cnn4ccc(C)cc34)CC2)[C@H]2COC[C@H]21. The Morgan fingerprint density at radius 2 is 2.15 bits per heavy atom. The molecule has 2 atom stereocenters. The minimum atomic E-state index is 0.120. The number of pyridine rings is 1. The summed E-state index contributed by atoms with van der Waals surface area (Å²) in [5, 5.41) is 4.36. The number of likely N-dealkylation sites (tertiary alicyclic amines) is 2. The lowest BCUT2D eigenvalue weighted by atomic mass is 9.70. The van der Waals surface area contributed by atoms with Crippen molar-refractivity contribution in [3.63, 3.8) is 0 Å². The van der Waals surface area contributed by atoms with Gasteiger partial charge in [0, 0.05) is 37.8 Å². The van der Waals surface area contributed by atoms with Gasteiger partial charge in [0.05, 0.1) is 30.5 Å². The number of ether oxygens (including phenoxy) is 1. The number of hydrogen-bond acceptors (Lipinski definition) is 4. The summed E-state index contributed by atoms with van der Waals surface area (Å²) < 4.78 is 7.62. The van der Waals surface area contributed by atoms with Crippen LogP contribution < -0.4 is 0 Å². The first-order valence-corrected chi connectivity index (χ1v) is 10.2. The second-order valence-electron chi connectivity index (χ2n) is 8.52. The molecule has 0 unspecified atom stereocenters. The number of amides is 1. The smallest absolute Gasteiger partial charge is 0.257 e. The predicted octanol–water partition coefficient (Wildman–Crippen LogP) is 2.22. The van der Waals surface area contributed by atoms with Crippen LogP contribution in [0.15, 0.2) is 24.5 Å². The molecule has 0 bridgehead atoms. The lowest BCUT2D eigenvalue weighted by Gasteiger charge is -2.42. The van der Waals surface area contributed by atoms with Crippen LogP contribution in [0, 0.1) is 18.3 Å². The molecule has 2 aromatic rings. The Morgan fingerprint density at radius 3 is 2.93 bits per heavy atom. The Labute approximate surface area is 160 Å². The van der Waals surface area contributed by atoms with E-state index in [9.17, 15) is 4.79 Å². The molecular formula is C21H28N4O2. The number of fused-ring (bicyclic) bond motifs is 3. The number of hydrogen-bond donors (Lipinski definition) is 0. The van der Waals surface area contributed by atoms with Gasteiger partial charge in [-0.25, -0.2) is 4.52 Å². The van der Waals surface area contributed by atoms with Crippen molar-refractivity contribution in [2.45, 2.75) is 32.7 Å². The van der Waals surface area contributed by atoms with Crippen molar-refractivity contribution in [3.8, 4) is 0 Å². The Balaban J connectivity index is 1.34. The van der Waals surface area contributed by atoms with Gasteiger partial charge < -0.3 is 9.64 Å². The molecule has 1 spiro atoms. The maximum atomic E-state index is 13.2. The van der Waals surface area contributed by atoms with Crippen LogP contribution in [-0.4, -0.2) is 70.8 Å². The molecule has 2 aromatic heterocycles. The number of rotatable bonds is 2. The van der Waals surface area contributed by atoms with Crippen LogP contribution in [0.1, 0.15) is 35.7 Å². The van der Waals surface area contributed by atoms with Gasteiger partial charge in [0.1, 0.15) is 0 Å². The third-order valence-electron chi connectivity index (χ3n) is 7.18. The van der Waals surface area contributed by atoms with Gasteiger partial charge in [-0.15, -0.1) is 0 Å². The maximum absolute atomic E-state index is 13.2. The Hall–Kier alpha value is -1.92. The lowest BCUT2D eigenvalue weighted by molar-refractivity contribution is 0.0404. The summed E-state index contributed by atoms with van der Waals surface area (Å²) in [6.45, 7) is 10.0. The first-order chi connectivity index (χ1) is 13.1. The topological polar surface area (TPSA) is 50.1 Å². The highest BCUT2D eigenvalue weighted by atomic mass is 16.5. The zero-order chi connectivity index (χ0) is 18.6. The number of nitrogens with zero attached hydrogens (tertiary/aromatic N) is 4. The number of likely N-dealkylation sites (N-methyl/N-ethyl adjacent to an activating group) is 1. The first kappa shape index (κ1) is 17.2. The van der Waals surface area contributed by atoms with Crippen molar-refractivity contribution in [2.24, 2.45) is 11.3 Å². The molecule has 27 heavy (non-hydrogen) atoms. The fourth-order valence-electron chi connectivity index (χ4n) is 5.58. The Bertz CT molecular complexity index is 868. The van der Waals surface area contributed by atoms with E-state index in [-0.39, 0.29) is 5.91 Å². The van der Waals surface area contributed by atoms with Gasteiger partial charge in [-0.3, -0.25) is 9.69 Å². The highest BCUT2D eigenvalue weighted by Crippen LogP contribution is 2.50. The average molecular weight is 368 g/mol. The van der Waals surface area contributed by atoms with Crippen LogP contribution in [0.4, 0.5) is 0 Å². The molecule has 3 aliphatic rings. The van der Waals surface area contributed by atoms with Gasteiger partial charge in [0.15, 0.2) is 0 Å². The summed E-state index contributed by atoms with van der Waals surface area (Å²) in [4.78, 5) is 17.8. The molecule has 0 aliphatic carbocycles. The van der Waals surface area contributed by atoms with E-state index in [1.54, 1.807) is 10.7 Å². The van der Waals surface area contributed by atoms with E-state index in [1.807, 2.05) is 30.2 Å². The highest BCUT2D eigenvalue weighted by molar-refractivity contribution is 6.00. The second-order valence-corrected chi connectivity index (χ2v) is 8.52. The third kappa shape index (κ3) is 2.61. The number of carbonyl (C=O) groups excluding carboxylic acids is 1. The summed E-state index contributed by atoms with van der Waals surface area (Å²) in [7, 11) is 0. The molecular weight excluding hydrogens is 340 g/mol. The van der Waals surface area contributed by atoms with Crippen molar-refractivity contribution in [1.82, 2.24) is 19.4 Å². The Morgan fingerprint density at radius 1 is 1.33 bits per heavy atom. The van der Waals surface area contributed by atoms with Gasteiger partial charge in [-0.2, -0.15) is 5.10 Å². The van der Waals surface area contributed by atoms with Crippen molar-refractivity contribution in [3.05, 3.63) is 35.7 Å². The molecule has 6 nitrogen and oxygen atoms in total. The second kappa shape index (κ2) is 6.31. The van der Waals surface area contributed by atoms with Crippen LogP contribution in [0.5, 0.6) is 0 Å². The van der Waals surface area contributed by atoms with Crippen LogP contribution in [0.25, 0.3) is 5.52 Å². The van der Waals surface area contributed by atoms with Gasteiger partial charge >= 0.3 is 0 Å². The minimum Gasteiger partial charge on any atom is -0.379 e. The fourth-order valence-corrected chi connectivity index (χ4v) is 5.58. The fraction of sp³-hybridized carbons (Fsp3) is 0.619. The maximum Gasteiger partial charge on any atom is 0.257 e. The minimum absolute atomic E-state index is 0.120. The van der Waals surface area contributed by atoms with Gasteiger partial charge in [-0.1, -0.05) is 6.92 Å². The van der Waals surface area contributed by atoms with E-state index in [4.69, 9.17) is 4.74 Å². The van der Waals surface area contributed by atoms with E-state index in [0.29, 0.717) is 17.4 Å². The van der Waals surface area contributed by atoms with Crippen molar-refractivity contribution >= 4 is 11.4 Å². The number of aromatic nitrogens is 2. The summed E-state index contributed by atoms with van der Waals surface area (Å²) in [6.07, 6.45) is 5.80. The molecule has 0 aromatic carbocycles. The van der Waals surface area contributed by atoms with E-state index < -0.39 is 0 Å². The van der Waals surface area contributed by atoms with Crippen LogP contribution in [0.2, 0.25) is 0 Å². The molecule has 5 rings (SSSR count). The van der Waals surface area contributed by atoms with Crippen molar-refractivity contribution in [1.29, 1.82) is 0 Å². The molecule has 3 fully saturated rings. The summed E-state index contributed by atoms with van der Waals surface area (Å²) in [5.41, 5.74) is 3.10. The summed E-state index contributed by atoms with van der Waals surface area (Å²) in [6, 6.07) is 4.64. The molecule has 0 saturated carbocycles. The molecule has 0 radical (unpaired) electrons. The van der Waals surface area contributed by atoms with E-state index in [0.717, 1.165) is 62.3 Å². The third-order valence-corrected chi connectivity index (χ3v) is 7.18.